The van der Waals surface area contributed by atoms with E-state index in [1.165, 1.54) is 7.11 Å². The molecule has 2 heterocycles. The average Bonchev–Trinajstić information content (AvgIpc) is 2.25. The molecular weight excluding hydrogens is 230 g/mol. The van der Waals surface area contributed by atoms with Crippen LogP contribution in [0.5, 0.6) is 5.88 Å². The highest BCUT2D eigenvalue weighted by atomic mass is 32.2. The maximum absolute atomic E-state index is 11.5. The van der Waals surface area contributed by atoms with Crippen LogP contribution in [0.25, 0.3) is 0 Å². The zero-order valence-electron chi connectivity index (χ0n) is 8.93. The molecule has 0 bridgehead atoms. The van der Waals surface area contributed by atoms with Crippen LogP contribution in [-0.4, -0.2) is 31.2 Å². The van der Waals surface area contributed by atoms with Crippen molar-refractivity contribution in [3.63, 3.8) is 0 Å². The highest BCUT2D eigenvalue weighted by Crippen LogP contribution is 2.26. The molecule has 1 aliphatic heterocycles. The third kappa shape index (κ3) is 2.00. The molecule has 16 heavy (non-hydrogen) atoms. The number of hydrogen-bond donors (Lipinski definition) is 1. The average molecular weight is 243 g/mol. The number of methoxy groups -OCH3 is 1. The number of hydrogen-bond acceptors (Lipinski definition) is 6. The summed E-state index contributed by atoms with van der Waals surface area (Å²) < 4.78 is 28.1. The van der Waals surface area contributed by atoms with Gasteiger partial charge in [-0.15, -0.1) is 0 Å². The molecule has 0 aliphatic carbocycles. The minimum absolute atomic E-state index is 0.0474. The Hall–Kier alpha value is -1.21. The second-order valence-corrected chi connectivity index (χ2v) is 5.80. The minimum Gasteiger partial charge on any atom is -0.481 e. The summed E-state index contributed by atoms with van der Waals surface area (Å²) in [5, 5.41) is 0. The molecule has 1 aromatic heterocycles. The minimum atomic E-state index is -3.03. The lowest BCUT2D eigenvalue weighted by Gasteiger charge is -2.18. The molecule has 1 aromatic rings. The Bertz CT molecular complexity index is 513. The van der Waals surface area contributed by atoms with Crippen LogP contribution in [0.2, 0.25) is 0 Å². The van der Waals surface area contributed by atoms with E-state index >= 15 is 0 Å². The fourth-order valence-corrected chi connectivity index (χ4v) is 3.04. The van der Waals surface area contributed by atoms with E-state index in [9.17, 15) is 8.42 Å². The Morgan fingerprint density at radius 3 is 2.81 bits per heavy atom. The highest BCUT2D eigenvalue weighted by Gasteiger charge is 2.26. The molecule has 0 spiro atoms. The standard InChI is InChI=1S/C9H13N3O3S/c1-15-9-6-2-3-16(13,14)5-7(6)11-8(4-10)12-9/h2-5,10H2,1H3. The maximum atomic E-state index is 11.5. The third-order valence-corrected chi connectivity index (χ3v) is 4.04. The van der Waals surface area contributed by atoms with Gasteiger partial charge in [0.05, 0.1) is 30.9 Å². The van der Waals surface area contributed by atoms with E-state index < -0.39 is 9.84 Å². The van der Waals surface area contributed by atoms with Crippen molar-refractivity contribution in [1.29, 1.82) is 0 Å². The first-order valence-corrected chi connectivity index (χ1v) is 6.71. The van der Waals surface area contributed by atoms with Crippen LogP contribution in [0.3, 0.4) is 0 Å². The van der Waals surface area contributed by atoms with Crippen molar-refractivity contribution in [1.82, 2.24) is 9.97 Å². The number of rotatable bonds is 2. The predicted molar refractivity (Wildman–Crippen MR) is 57.7 cm³/mol. The van der Waals surface area contributed by atoms with E-state index in [-0.39, 0.29) is 18.1 Å². The first kappa shape index (κ1) is 11.3. The van der Waals surface area contributed by atoms with Gasteiger partial charge in [-0.3, -0.25) is 0 Å². The normalized spacial score (nSPS) is 17.9. The van der Waals surface area contributed by atoms with Crippen LogP contribution in [0.15, 0.2) is 0 Å². The van der Waals surface area contributed by atoms with Crippen molar-refractivity contribution in [2.24, 2.45) is 5.73 Å². The molecule has 2 N–H and O–H groups in total. The van der Waals surface area contributed by atoms with E-state index in [1.807, 2.05) is 0 Å². The van der Waals surface area contributed by atoms with Gasteiger partial charge in [-0.1, -0.05) is 0 Å². The van der Waals surface area contributed by atoms with E-state index in [1.54, 1.807) is 0 Å². The fourth-order valence-electron chi connectivity index (χ4n) is 1.73. The molecule has 6 nitrogen and oxygen atoms in total. The number of sulfone groups is 1. The Morgan fingerprint density at radius 1 is 1.44 bits per heavy atom. The molecule has 0 aromatic carbocycles. The largest absolute Gasteiger partial charge is 0.481 e. The van der Waals surface area contributed by atoms with Gasteiger partial charge in [-0.05, 0) is 6.42 Å². The Balaban J connectivity index is 2.54. The summed E-state index contributed by atoms with van der Waals surface area (Å²) in [6, 6.07) is 0. The van der Waals surface area contributed by atoms with E-state index in [0.29, 0.717) is 23.8 Å². The molecule has 0 atom stereocenters. The topological polar surface area (TPSA) is 95.2 Å². The summed E-state index contributed by atoms with van der Waals surface area (Å²) in [6.45, 7) is 0.170. The third-order valence-electron chi connectivity index (χ3n) is 2.50. The summed E-state index contributed by atoms with van der Waals surface area (Å²) in [6.07, 6.45) is 0.408. The molecule has 7 heteroatoms. The lowest BCUT2D eigenvalue weighted by molar-refractivity contribution is 0.388. The number of nitrogens with zero attached hydrogens (tertiary/aromatic N) is 2. The smallest absolute Gasteiger partial charge is 0.219 e. The van der Waals surface area contributed by atoms with Gasteiger partial charge in [-0.2, -0.15) is 4.98 Å². The highest BCUT2D eigenvalue weighted by molar-refractivity contribution is 7.90. The molecule has 2 rings (SSSR count). The van der Waals surface area contributed by atoms with E-state index in [4.69, 9.17) is 10.5 Å². The van der Waals surface area contributed by atoms with Crippen LogP contribution in [0.4, 0.5) is 0 Å². The molecule has 0 saturated heterocycles. The van der Waals surface area contributed by atoms with Crippen molar-refractivity contribution in [3.8, 4) is 5.88 Å². The maximum Gasteiger partial charge on any atom is 0.219 e. The van der Waals surface area contributed by atoms with Crippen molar-refractivity contribution < 1.29 is 13.2 Å². The van der Waals surface area contributed by atoms with Crippen molar-refractivity contribution >= 4 is 9.84 Å². The number of fused-ring (bicyclic) bond motifs is 1. The Labute approximate surface area is 93.8 Å². The fraction of sp³-hybridized carbons (Fsp3) is 0.556. The van der Waals surface area contributed by atoms with Crippen LogP contribution in [0.1, 0.15) is 17.1 Å². The van der Waals surface area contributed by atoms with Gasteiger partial charge in [0, 0.05) is 5.56 Å². The predicted octanol–water partition coefficient (Wildman–Crippen LogP) is -0.585. The summed E-state index contributed by atoms with van der Waals surface area (Å²) in [5.74, 6) is 0.934. The van der Waals surface area contributed by atoms with Gasteiger partial charge < -0.3 is 10.5 Å². The van der Waals surface area contributed by atoms with Gasteiger partial charge in [0.25, 0.3) is 0 Å². The lowest BCUT2D eigenvalue weighted by atomic mass is 10.1. The molecule has 0 amide bonds. The summed E-state index contributed by atoms with van der Waals surface area (Å²) >= 11 is 0. The lowest BCUT2D eigenvalue weighted by Crippen LogP contribution is -2.22. The van der Waals surface area contributed by atoms with E-state index in [2.05, 4.69) is 9.97 Å². The summed E-state index contributed by atoms with van der Waals surface area (Å²) in [7, 11) is -1.53. The second-order valence-electron chi connectivity index (χ2n) is 3.62. The Morgan fingerprint density at radius 2 is 2.19 bits per heavy atom. The zero-order valence-corrected chi connectivity index (χ0v) is 9.75. The molecular formula is C9H13N3O3S. The molecule has 0 radical (unpaired) electrons. The van der Waals surface area contributed by atoms with Crippen LogP contribution < -0.4 is 10.5 Å². The van der Waals surface area contributed by atoms with E-state index in [0.717, 1.165) is 5.56 Å². The van der Waals surface area contributed by atoms with Crippen LogP contribution >= 0.6 is 0 Å². The van der Waals surface area contributed by atoms with Crippen molar-refractivity contribution in [2.45, 2.75) is 18.7 Å². The van der Waals surface area contributed by atoms with Crippen molar-refractivity contribution in [3.05, 3.63) is 17.1 Å². The SMILES string of the molecule is COc1nc(CN)nc2c1CCS(=O)(=O)C2. The van der Waals surface area contributed by atoms with Crippen molar-refractivity contribution in [2.75, 3.05) is 12.9 Å². The number of ether oxygens (including phenoxy) is 1. The molecule has 0 saturated carbocycles. The van der Waals surface area contributed by atoms with Gasteiger partial charge in [0.1, 0.15) is 5.82 Å². The quantitative estimate of drug-likeness (QED) is 0.746. The molecule has 1 aliphatic rings. The summed E-state index contributed by atoms with van der Waals surface area (Å²) in [4.78, 5) is 8.26. The van der Waals surface area contributed by atoms with Gasteiger partial charge in [-0.25, -0.2) is 13.4 Å². The number of nitrogens with two attached hydrogens (primary N) is 1. The summed E-state index contributed by atoms with van der Waals surface area (Å²) in [5.41, 5.74) is 6.76. The first-order valence-electron chi connectivity index (χ1n) is 4.89. The van der Waals surface area contributed by atoms with Gasteiger partial charge in [0.2, 0.25) is 5.88 Å². The molecule has 88 valence electrons. The zero-order chi connectivity index (χ0) is 11.8. The van der Waals surface area contributed by atoms with Crippen LogP contribution in [0, 0.1) is 0 Å². The Kier molecular flexibility index (Phi) is 2.81. The molecule has 0 fully saturated rings. The first-order chi connectivity index (χ1) is 7.55. The molecule has 0 unspecified atom stereocenters. The van der Waals surface area contributed by atoms with Crippen LogP contribution in [-0.2, 0) is 28.6 Å². The van der Waals surface area contributed by atoms with Gasteiger partial charge >= 0.3 is 0 Å². The van der Waals surface area contributed by atoms with Gasteiger partial charge in [0.15, 0.2) is 9.84 Å². The second kappa shape index (κ2) is 3.99. The number of aromatic nitrogens is 2. The monoisotopic (exact) mass is 243 g/mol.